The number of aromatic nitrogens is 4. The quantitative estimate of drug-likeness (QED) is 0.803. The number of aromatic amines is 1. The summed E-state index contributed by atoms with van der Waals surface area (Å²) in [5, 5.41) is 7.24. The largest absolute Gasteiger partial charge is 0.364 e. The van der Waals surface area contributed by atoms with Gasteiger partial charge in [0.2, 0.25) is 5.95 Å². The van der Waals surface area contributed by atoms with Gasteiger partial charge in [-0.05, 0) is 19.1 Å². The fourth-order valence-corrected chi connectivity index (χ4v) is 3.70. The standard InChI is InChI=1S/C13H20N6S/c1-14-13-18-11-10(15-7-16-11)12(19-13)17-8-5-3-4-6-9(8)20-2/h7-9H,3-6H2,1-2H3,(H3,14,15,16,17,18,19). The maximum Gasteiger partial charge on any atom is 0.226 e. The number of thioether (sulfide) groups is 1. The van der Waals surface area contributed by atoms with Crippen LogP contribution in [0.2, 0.25) is 0 Å². The van der Waals surface area contributed by atoms with Crippen molar-refractivity contribution in [3.63, 3.8) is 0 Å². The zero-order valence-electron chi connectivity index (χ0n) is 11.8. The van der Waals surface area contributed by atoms with Crippen molar-refractivity contribution in [2.75, 3.05) is 23.9 Å². The Kier molecular flexibility index (Phi) is 3.95. The second-order valence-corrected chi connectivity index (χ2v) is 6.13. The molecule has 0 saturated heterocycles. The molecular formula is C13H20N6S. The van der Waals surface area contributed by atoms with Crippen molar-refractivity contribution >= 4 is 34.7 Å². The van der Waals surface area contributed by atoms with Crippen molar-refractivity contribution in [1.82, 2.24) is 19.9 Å². The Hall–Kier alpha value is -1.50. The SMILES string of the molecule is CNc1nc(NC2CCCCC2SC)c2[nH]cnc2n1. The van der Waals surface area contributed by atoms with Crippen LogP contribution in [0, 0.1) is 0 Å². The molecule has 1 saturated carbocycles. The van der Waals surface area contributed by atoms with Gasteiger partial charge in [0.25, 0.3) is 0 Å². The minimum absolute atomic E-state index is 0.463. The number of H-pyrrole nitrogens is 1. The second kappa shape index (κ2) is 5.87. The summed E-state index contributed by atoms with van der Waals surface area (Å²) in [6.07, 6.45) is 8.93. The Labute approximate surface area is 122 Å². The zero-order chi connectivity index (χ0) is 13.9. The molecule has 2 unspecified atom stereocenters. The lowest BCUT2D eigenvalue weighted by atomic mass is 9.95. The highest BCUT2D eigenvalue weighted by Crippen LogP contribution is 2.30. The molecule has 0 radical (unpaired) electrons. The Balaban J connectivity index is 1.90. The van der Waals surface area contributed by atoms with Crippen LogP contribution < -0.4 is 10.6 Å². The maximum atomic E-state index is 4.54. The van der Waals surface area contributed by atoms with Gasteiger partial charge in [-0.15, -0.1) is 0 Å². The van der Waals surface area contributed by atoms with Crippen LogP contribution >= 0.6 is 11.8 Å². The third kappa shape index (κ3) is 2.54. The van der Waals surface area contributed by atoms with Crippen molar-refractivity contribution in [2.45, 2.75) is 37.0 Å². The molecule has 108 valence electrons. The first kappa shape index (κ1) is 13.5. The molecule has 2 heterocycles. The van der Waals surface area contributed by atoms with E-state index in [4.69, 9.17) is 0 Å². The van der Waals surface area contributed by atoms with Gasteiger partial charge in [-0.2, -0.15) is 21.7 Å². The summed E-state index contributed by atoms with van der Waals surface area (Å²) >= 11 is 1.94. The Morgan fingerprint density at radius 3 is 2.95 bits per heavy atom. The third-order valence-corrected chi connectivity index (χ3v) is 5.01. The number of nitrogens with zero attached hydrogens (tertiary/aromatic N) is 3. The molecule has 2 atom stereocenters. The summed E-state index contributed by atoms with van der Waals surface area (Å²) < 4.78 is 0. The van der Waals surface area contributed by atoms with E-state index in [1.54, 1.807) is 6.33 Å². The van der Waals surface area contributed by atoms with Crippen LogP contribution in [0.3, 0.4) is 0 Å². The molecule has 2 aromatic heterocycles. The highest BCUT2D eigenvalue weighted by Gasteiger charge is 2.25. The minimum Gasteiger partial charge on any atom is -0.364 e. The van der Waals surface area contributed by atoms with E-state index < -0.39 is 0 Å². The predicted molar refractivity (Wildman–Crippen MR) is 84.4 cm³/mol. The minimum atomic E-state index is 0.463. The lowest BCUT2D eigenvalue weighted by molar-refractivity contribution is 0.474. The molecule has 1 fully saturated rings. The van der Waals surface area contributed by atoms with Gasteiger partial charge in [0, 0.05) is 18.3 Å². The van der Waals surface area contributed by atoms with E-state index in [0.717, 1.165) is 11.3 Å². The molecule has 2 aromatic rings. The molecule has 0 spiro atoms. The van der Waals surface area contributed by atoms with E-state index in [-0.39, 0.29) is 0 Å². The number of nitrogens with one attached hydrogen (secondary N) is 3. The summed E-state index contributed by atoms with van der Waals surface area (Å²) in [7, 11) is 1.82. The molecular weight excluding hydrogens is 272 g/mol. The van der Waals surface area contributed by atoms with E-state index >= 15 is 0 Å². The summed E-state index contributed by atoms with van der Waals surface area (Å²) in [5.41, 5.74) is 1.58. The van der Waals surface area contributed by atoms with Crippen LogP contribution in [0.4, 0.5) is 11.8 Å². The van der Waals surface area contributed by atoms with Crippen LogP contribution in [0.25, 0.3) is 11.2 Å². The molecule has 3 N–H and O–H groups in total. The first-order valence-corrected chi connectivity index (χ1v) is 8.29. The molecule has 3 rings (SSSR count). The van der Waals surface area contributed by atoms with E-state index in [2.05, 4.69) is 36.8 Å². The molecule has 1 aliphatic rings. The van der Waals surface area contributed by atoms with Gasteiger partial charge in [0.05, 0.1) is 6.33 Å². The molecule has 0 amide bonds. The van der Waals surface area contributed by atoms with Crippen LogP contribution in [0.15, 0.2) is 6.33 Å². The van der Waals surface area contributed by atoms with Gasteiger partial charge < -0.3 is 15.6 Å². The lowest BCUT2D eigenvalue weighted by Crippen LogP contribution is -2.34. The first-order chi connectivity index (χ1) is 9.81. The Morgan fingerprint density at radius 1 is 1.30 bits per heavy atom. The molecule has 0 bridgehead atoms. The van der Waals surface area contributed by atoms with Gasteiger partial charge in [-0.25, -0.2) is 4.98 Å². The van der Waals surface area contributed by atoms with Crippen molar-refractivity contribution < 1.29 is 0 Å². The van der Waals surface area contributed by atoms with Crippen molar-refractivity contribution in [3.8, 4) is 0 Å². The van der Waals surface area contributed by atoms with Crippen molar-refractivity contribution in [1.29, 1.82) is 0 Å². The number of hydrogen-bond donors (Lipinski definition) is 3. The van der Waals surface area contributed by atoms with Crippen LogP contribution in [0.1, 0.15) is 25.7 Å². The van der Waals surface area contributed by atoms with Gasteiger partial charge >= 0.3 is 0 Å². The molecule has 20 heavy (non-hydrogen) atoms. The van der Waals surface area contributed by atoms with Crippen LogP contribution in [-0.2, 0) is 0 Å². The monoisotopic (exact) mass is 292 g/mol. The van der Waals surface area contributed by atoms with E-state index in [9.17, 15) is 0 Å². The fraction of sp³-hybridized carbons (Fsp3) is 0.615. The number of fused-ring (bicyclic) bond motifs is 1. The van der Waals surface area contributed by atoms with Crippen molar-refractivity contribution in [2.24, 2.45) is 0 Å². The molecule has 7 heteroatoms. The topological polar surface area (TPSA) is 78.5 Å². The van der Waals surface area contributed by atoms with Gasteiger partial charge in [-0.3, -0.25) is 0 Å². The fourth-order valence-electron chi connectivity index (χ4n) is 2.77. The first-order valence-electron chi connectivity index (χ1n) is 7.00. The third-order valence-electron chi connectivity index (χ3n) is 3.84. The molecule has 0 aliphatic heterocycles. The lowest BCUT2D eigenvalue weighted by Gasteiger charge is -2.31. The average Bonchev–Trinajstić information content (AvgIpc) is 2.96. The maximum absolute atomic E-state index is 4.54. The summed E-state index contributed by atoms with van der Waals surface area (Å²) in [6.45, 7) is 0. The average molecular weight is 292 g/mol. The number of anilines is 2. The van der Waals surface area contributed by atoms with E-state index in [0.29, 0.717) is 22.9 Å². The zero-order valence-corrected chi connectivity index (χ0v) is 12.6. The van der Waals surface area contributed by atoms with Gasteiger partial charge in [0.1, 0.15) is 5.52 Å². The number of rotatable bonds is 4. The second-order valence-electron chi connectivity index (χ2n) is 5.06. The van der Waals surface area contributed by atoms with Crippen molar-refractivity contribution in [3.05, 3.63) is 6.33 Å². The Morgan fingerprint density at radius 2 is 2.15 bits per heavy atom. The number of imidazole rings is 1. The highest BCUT2D eigenvalue weighted by molar-refractivity contribution is 7.99. The van der Waals surface area contributed by atoms with Crippen LogP contribution in [0.5, 0.6) is 0 Å². The molecule has 6 nitrogen and oxygen atoms in total. The highest BCUT2D eigenvalue weighted by atomic mass is 32.2. The predicted octanol–water partition coefficient (Wildman–Crippen LogP) is 2.48. The van der Waals surface area contributed by atoms with Crippen LogP contribution in [-0.4, -0.2) is 44.5 Å². The summed E-state index contributed by atoms with van der Waals surface area (Å²) in [4.78, 5) is 16.2. The van der Waals surface area contributed by atoms with Gasteiger partial charge in [-0.1, -0.05) is 12.8 Å². The van der Waals surface area contributed by atoms with E-state index in [1.165, 1.54) is 25.7 Å². The molecule has 1 aliphatic carbocycles. The normalized spacial score (nSPS) is 22.9. The van der Waals surface area contributed by atoms with Gasteiger partial charge in [0.15, 0.2) is 11.5 Å². The Bertz CT molecular complexity index is 583. The summed E-state index contributed by atoms with van der Waals surface area (Å²) in [5.74, 6) is 1.45. The summed E-state index contributed by atoms with van der Waals surface area (Å²) in [6, 6.07) is 0.463. The number of hydrogen-bond acceptors (Lipinski definition) is 6. The van der Waals surface area contributed by atoms with E-state index in [1.807, 2.05) is 18.8 Å². The molecule has 0 aromatic carbocycles. The smallest absolute Gasteiger partial charge is 0.226 e.